The lowest BCUT2D eigenvalue weighted by atomic mass is 9.94. The van der Waals surface area contributed by atoms with Crippen LogP contribution >= 0.6 is 0 Å². The van der Waals surface area contributed by atoms with Gasteiger partial charge >= 0.3 is 0 Å². The van der Waals surface area contributed by atoms with Crippen molar-refractivity contribution in [2.45, 2.75) is 44.4 Å². The number of carbonyl (C=O) groups excluding carboxylic acids is 2. The number of aromatic amines is 1. The summed E-state index contributed by atoms with van der Waals surface area (Å²) in [5, 5.41) is 7.02. The van der Waals surface area contributed by atoms with E-state index in [1.807, 2.05) is 15.9 Å². The van der Waals surface area contributed by atoms with E-state index in [0.717, 1.165) is 57.6 Å². The van der Waals surface area contributed by atoms with Gasteiger partial charge in [0.25, 0.3) is 0 Å². The maximum Gasteiger partial charge on any atom is 0.222 e. The van der Waals surface area contributed by atoms with Crippen LogP contribution in [0.5, 0.6) is 0 Å². The molecular weight excluding hydrogens is 280 g/mol. The standard InChI is InChI=1S/C16H24N4O2/c21-15-5-2-9-19(15)10-3-6-16(22)20-11-1-4-13(12-20)14-7-8-17-18-14/h7-8,13H,1-6,9-12H2,(H,17,18)/t13-/m0/s1. The van der Waals surface area contributed by atoms with E-state index in [0.29, 0.717) is 18.8 Å². The van der Waals surface area contributed by atoms with Gasteiger partial charge in [0.2, 0.25) is 11.8 Å². The van der Waals surface area contributed by atoms with Crippen molar-refractivity contribution in [2.75, 3.05) is 26.2 Å². The van der Waals surface area contributed by atoms with Crippen LogP contribution in [-0.4, -0.2) is 58.0 Å². The quantitative estimate of drug-likeness (QED) is 0.896. The molecule has 2 amide bonds. The number of likely N-dealkylation sites (tertiary alicyclic amines) is 2. The Hall–Kier alpha value is -1.85. The van der Waals surface area contributed by atoms with Crippen LogP contribution in [0.15, 0.2) is 12.3 Å². The van der Waals surface area contributed by atoms with E-state index in [1.165, 1.54) is 0 Å². The van der Waals surface area contributed by atoms with E-state index in [9.17, 15) is 9.59 Å². The van der Waals surface area contributed by atoms with Gasteiger partial charge in [0.1, 0.15) is 0 Å². The first-order valence-corrected chi connectivity index (χ1v) is 8.29. The molecule has 1 N–H and O–H groups in total. The number of piperidine rings is 1. The van der Waals surface area contributed by atoms with Gasteiger partial charge in [-0.25, -0.2) is 0 Å². The van der Waals surface area contributed by atoms with Crippen molar-refractivity contribution in [1.82, 2.24) is 20.0 Å². The summed E-state index contributed by atoms with van der Waals surface area (Å²) in [4.78, 5) is 27.8. The fraction of sp³-hybridized carbons (Fsp3) is 0.688. The van der Waals surface area contributed by atoms with Gasteiger partial charge in [0.15, 0.2) is 0 Å². The summed E-state index contributed by atoms with van der Waals surface area (Å²) in [6.45, 7) is 3.22. The van der Waals surface area contributed by atoms with Crippen LogP contribution in [0.4, 0.5) is 0 Å². The Morgan fingerprint density at radius 1 is 1.36 bits per heavy atom. The third-order valence-corrected chi connectivity index (χ3v) is 4.73. The number of hydrogen-bond acceptors (Lipinski definition) is 3. The van der Waals surface area contributed by atoms with Gasteiger partial charge in [-0.05, 0) is 31.7 Å². The highest BCUT2D eigenvalue weighted by molar-refractivity contribution is 5.78. The van der Waals surface area contributed by atoms with Gasteiger partial charge in [-0.1, -0.05) is 0 Å². The number of H-pyrrole nitrogens is 1. The topological polar surface area (TPSA) is 69.3 Å². The average Bonchev–Trinajstić information content (AvgIpc) is 3.20. The molecule has 0 spiro atoms. The summed E-state index contributed by atoms with van der Waals surface area (Å²) >= 11 is 0. The van der Waals surface area contributed by atoms with Gasteiger partial charge in [0, 0.05) is 56.8 Å². The normalized spacial score (nSPS) is 22.4. The van der Waals surface area contributed by atoms with Crippen molar-refractivity contribution < 1.29 is 9.59 Å². The molecule has 0 aromatic carbocycles. The molecule has 1 aromatic heterocycles. The van der Waals surface area contributed by atoms with E-state index in [1.54, 1.807) is 6.20 Å². The largest absolute Gasteiger partial charge is 0.343 e. The minimum Gasteiger partial charge on any atom is -0.343 e. The minimum atomic E-state index is 0.218. The van der Waals surface area contributed by atoms with E-state index in [-0.39, 0.29) is 11.8 Å². The van der Waals surface area contributed by atoms with Crippen molar-refractivity contribution in [3.63, 3.8) is 0 Å². The summed E-state index contributed by atoms with van der Waals surface area (Å²) in [5.74, 6) is 0.834. The SMILES string of the molecule is O=C1CCCN1CCCC(=O)N1CCC[C@H](c2ccn[nH]2)C1. The lowest BCUT2D eigenvalue weighted by Crippen LogP contribution is -2.39. The second-order valence-electron chi connectivity index (χ2n) is 6.28. The summed E-state index contributed by atoms with van der Waals surface area (Å²) in [7, 11) is 0. The van der Waals surface area contributed by atoms with E-state index in [4.69, 9.17) is 0 Å². The molecule has 22 heavy (non-hydrogen) atoms. The maximum absolute atomic E-state index is 12.4. The fourth-order valence-corrected chi connectivity index (χ4v) is 3.47. The van der Waals surface area contributed by atoms with Crippen molar-refractivity contribution in [3.05, 3.63) is 18.0 Å². The van der Waals surface area contributed by atoms with Crippen LogP contribution in [0.2, 0.25) is 0 Å². The molecule has 2 aliphatic rings. The van der Waals surface area contributed by atoms with Crippen molar-refractivity contribution in [2.24, 2.45) is 0 Å². The zero-order valence-electron chi connectivity index (χ0n) is 13.0. The molecule has 0 bridgehead atoms. The molecule has 6 heteroatoms. The molecule has 0 aliphatic carbocycles. The highest BCUT2D eigenvalue weighted by atomic mass is 16.2. The van der Waals surface area contributed by atoms with Crippen molar-refractivity contribution >= 4 is 11.8 Å². The number of hydrogen-bond donors (Lipinski definition) is 1. The molecular formula is C16H24N4O2. The third-order valence-electron chi connectivity index (χ3n) is 4.73. The number of carbonyl (C=O) groups is 2. The lowest BCUT2D eigenvalue weighted by Gasteiger charge is -2.32. The molecule has 6 nitrogen and oxygen atoms in total. The highest BCUT2D eigenvalue weighted by Crippen LogP contribution is 2.25. The zero-order valence-corrected chi connectivity index (χ0v) is 13.0. The number of amides is 2. The Bertz CT molecular complexity index is 514. The Morgan fingerprint density at radius 2 is 2.27 bits per heavy atom. The molecule has 3 heterocycles. The first-order valence-electron chi connectivity index (χ1n) is 8.29. The molecule has 2 fully saturated rings. The van der Waals surface area contributed by atoms with Crippen LogP contribution in [0.1, 0.15) is 50.1 Å². The van der Waals surface area contributed by atoms with E-state index in [2.05, 4.69) is 10.2 Å². The summed E-state index contributed by atoms with van der Waals surface area (Å²) in [6, 6.07) is 2.00. The molecule has 2 aliphatic heterocycles. The van der Waals surface area contributed by atoms with Crippen LogP contribution in [0, 0.1) is 0 Å². The van der Waals surface area contributed by atoms with Gasteiger partial charge in [0.05, 0.1) is 0 Å². The molecule has 1 aromatic rings. The van der Waals surface area contributed by atoms with E-state index >= 15 is 0 Å². The molecule has 1 atom stereocenters. The maximum atomic E-state index is 12.4. The minimum absolute atomic E-state index is 0.218. The van der Waals surface area contributed by atoms with Crippen molar-refractivity contribution in [1.29, 1.82) is 0 Å². The lowest BCUT2D eigenvalue weighted by molar-refractivity contribution is -0.133. The van der Waals surface area contributed by atoms with Crippen LogP contribution in [0.25, 0.3) is 0 Å². The summed E-state index contributed by atoms with van der Waals surface area (Å²) in [6.07, 6.45) is 6.86. The second kappa shape index (κ2) is 6.94. The van der Waals surface area contributed by atoms with Gasteiger partial charge in [-0.15, -0.1) is 0 Å². The Morgan fingerprint density at radius 3 is 3.00 bits per heavy atom. The first kappa shape index (κ1) is 15.1. The number of nitrogens with one attached hydrogen (secondary N) is 1. The van der Waals surface area contributed by atoms with Gasteiger partial charge < -0.3 is 9.80 Å². The number of nitrogens with zero attached hydrogens (tertiary/aromatic N) is 3. The summed E-state index contributed by atoms with van der Waals surface area (Å²) in [5.41, 5.74) is 1.13. The Balaban J connectivity index is 1.44. The average molecular weight is 304 g/mol. The van der Waals surface area contributed by atoms with Crippen LogP contribution in [0.3, 0.4) is 0 Å². The smallest absolute Gasteiger partial charge is 0.222 e. The molecule has 0 saturated carbocycles. The Labute approximate surface area is 130 Å². The monoisotopic (exact) mass is 304 g/mol. The highest BCUT2D eigenvalue weighted by Gasteiger charge is 2.26. The molecule has 3 rings (SSSR count). The number of rotatable bonds is 5. The van der Waals surface area contributed by atoms with Crippen molar-refractivity contribution in [3.8, 4) is 0 Å². The summed E-state index contributed by atoms with van der Waals surface area (Å²) < 4.78 is 0. The fourth-order valence-electron chi connectivity index (χ4n) is 3.47. The second-order valence-corrected chi connectivity index (χ2v) is 6.28. The first-order chi connectivity index (χ1) is 10.7. The van der Waals surface area contributed by atoms with Crippen LogP contribution < -0.4 is 0 Å². The van der Waals surface area contributed by atoms with Gasteiger partial charge in [-0.2, -0.15) is 5.10 Å². The Kier molecular flexibility index (Phi) is 4.75. The van der Waals surface area contributed by atoms with E-state index < -0.39 is 0 Å². The zero-order chi connectivity index (χ0) is 15.4. The molecule has 0 radical (unpaired) electrons. The predicted octanol–water partition coefficient (Wildman–Crippen LogP) is 1.52. The third kappa shape index (κ3) is 3.48. The molecule has 120 valence electrons. The predicted molar refractivity (Wildman–Crippen MR) is 82.2 cm³/mol. The molecule has 0 unspecified atom stereocenters. The van der Waals surface area contributed by atoms with Crippen LogP contribution in [-0.2, 0) is 9.59 Å². The molecule has 2 saturated heterocycles. The van der Waals surface area contributed by atoms with Gasteiger partial charge in [-0.3, -0.25) is 14.7 Å². The number of aromatic nitrogens is 2.